The summed E-state index contributed by atoms with van der Waals surface area (Å²) < 4.78 is 0. The number of rotatable bonds is 7. The molecule has 0 atom stereocenters. The fourth-order valence-corrected chi connectivity index (χ4v) is 3.38. The predicted molar refractivity (Wildman–Crippen MR) is 111 cm³/mol. The molecular weight excluding hydrogens is 362 g/mol. The van der Waals surface area contributed by atoms with Crippen LogP contribution in [-0.2, 0) is 0 Å². The number of carbonyl (C=O) groups excluding carboxylic acids is 1. The van der Waals surface area contributed by atoms with Gasteiger partial charge in [0.2, 0.25) is 5.82 Å². The maximum absolute atomic E-state index is 12.5. The van der Waals surface area contributed by atoms with Crippen LogP contribution in [0.15, 0.2) is 84.9 Å². The Morgan fingerprint density at radius 1 is 0.862 bits per heavy atom. The van der Waals surface area contributed by atoms with Gasteiger partial charge in [0.25, 0.3) is 5.91 Å². The zero-order valence-corrected chi connectivity index (χ0v) is 15.8. The molecule has 0 aliphatic heterocycles. The number of hydrogen-bond acceptors (Lipinski definition) is 4. The third kappa shape index (κ3) is 4.55. The summed E-state index contributed by atoms with van der Waals surface area (Å²) in [6, 6.07) is 28.0. The second kappa shape index (κ2) is 8.93. The first-order chi connectivity index (χ1) is 14.3. The Hall–Kier alpha value is -3.80. The first kappa shape index (κ1) is 18.6. The Morgan fingerprint density at radius 2 is 1.48 bits per heavy atom. The van der Waals surface area contributed by atoms with Crippen LogP contribution in [0.3, 0.4) is 0 Å². The van der Waals surface area contributed by atoms with Crippen LogP contribution in [0.1, 0.15) is 33.8 Å². The van der Waals surface area contributed by atoms with Crippen molar-refractivity contribution in [3.63, 3.8) is 0 Å². The van der Waals surface area contributed by atoms with E-state index < -0.39 is 0 Å². The van der Waals surface area contributed by atoms with E-state index in [2.05, 4.69) is 74.5 Å². The summed E-state index contributed by atoms with van der Waals surface area (Å²) in [5.41, 5.74) is 3.91. The quantitative estimate of drug-likeness (QED) is 0.508. The average molecular weight is 383 g/mol. The maximum atomic E-state index is 12.5. The molecule has 4 aromatic rings. The molecule has 0 saturated heterocycles. The van der Waals surface area contributed by atoms with Gasteiger partial charge < -0.3 is 5.32 Å². The minimum absolute atomic E-state index is 0.0930. The topological polar surface area (TPSA) is 83.6 Å². The summed E-state index contributed by atoms with van der Waals surface area (Å²) in [6.45, 7) is 0.583. The van der Waals surface area contributed by atoms with Crippen LogP contribution in [0.25, 0.3) is 11.4 Å². The third-order valence-corrected chi connectivity index (χ3v) is 4.87. The molecule has 0 saturated carbocycles. The van der Waals surface area contributed by atoms with Crippen molar-refractivity contribution in [3.8, 4) is 11.4 Å². The number of hydrogen-bond donors (Lipinski definition) is 2. The zero-order chi connectivity index (χ0) is 19.9. The van der Waals surface area contributed by atoms with Crippen molar-refractivity contribution in [2.24, 2.45) is 0 Å². The molecule has 29 heavy (non-hydrogen) atoms. The molecule has 0 unspecified atom stereocenters. The van der Waals surface area contributed by atoms with Gasteiger partial charge >= 0.3 is 0 Å². The fourth-order valence-electron chi connectivity index (χ4n) is 3.38. The molecule has 0 aliphatic rings. The maximum Gasteiger partial charge on any atom is 0.251 e. The van der Waals surface area contributed by atoms with Crippen LogP contribution >= 0.6 is 0 Å². The van der Waals surface area contributed by atoms with E-state index in [1.165, 1.54) is 11.1 Å². The van der Waals surface area contributed by atoms with E-state index in [4.69, 9.17) is 0 Å². The van der Waals surface area contributed by atoms with Crippen LogP contribution in [0.2, 0.25) is 0 Å². The standard InChI is InChI=1S/C23H21N5O/c29-23(20-13-11-19(12-14-20)22-25-27-28-26-22)24-16-15-21(17-7-3-1-4-8-17)18-9-5-2-6-10-18/h1-14,21H,15-16H2,(H,24,29)(H,25,26,27,28). The minimum Gasteiger partial charge on any atom is -0.352 e. The SMILES string of the molecule is O=C(NCCC(c1ccccc1)c1ccccc1)c1ccc(-c2nn[nH]n2)cc1. The zero-order valence-electron chi connectivity index (χ0n) is 15.8. The highest BCUT2D eigenvalue weighted by molar-refractivity contribution is 5.94. The van der Waals surface area contributed by atoms with Gasteiger partial charge in [-0.25, -0.2) is 0 Å². The first-order valence-electron chi connectivity index (χ1n) is 9.53. The van der Waals surface area contributed by atoms with Gasteiger partial charge in [0.15, 0.2) is 0 Å². The summed E-state index contributed by atoms with van der Waals surface area (Å²) in [5, 5.41) is 16.9. The van der Waals surface area contributed by atoms with Crippen molar-refractivity contribution in [2.75, 3.05) is 6.54 Å². The number of tetrazole rings is 1. The van der Waals surface area contributed by atoms with Crippen molar-refractivity contribution >= 4 is 5.91 Å². The number of nitrogens with one attached hydrogen (secondary N) is 2. The Morgan fingerprint density at radius 3 is 2.03 bits per heavy atom. The lowest BCUT2D eigenvalue weighted by atomic mass is 9.88. The van der Waals surface area contributed by atoms with E-state index in [9.17, 15) is 4.79 Å². The summed E-state index contributed by atoms with van der Waals surface area (Å²) >= 11 is 0. The van der Waals surface area contributed by atoms with E-state index in [1.807, 2.05) is 24.3 Å². The number of aromatic amines is 1. The van der Waals surface area contributed by atoms with Crippen molar-refractivity contribution < 1.29 is 4.79 Å². The average Bonchev–Trinajstić information content (AvgIpc) is 3.33. The molecule has 3 aromatic carbocycles. The van der Waals surface area contributed by atoms with Crippen LogP contribution in [0, 0.1) is 0 Å². The second-order valence-corrected chi connectivity index (χ2v) is 6.73. The molecule has 0 fully saturated rings. The van der Waals surface area contributed by atoms with Gasteiger partial charge in [-0.1, -0.05) is 72.8 Å². The largest absolute Gasteiger partial charge is 0.352 e. The van der Waals surface area contributed by atoms with Crippen molar-refractivity contribution in [1.29, 1.82) is 0 Å². The van der Waals surface area contributed by atoms with E-state index in [-0.39, 0.29) is 11.8 Å². The molecule has 6 nitrogen and oxygen atoms in total. The minimum atomic E-state index is -0.0930. The number of carbonyl (C=O) groups is 1. The Bertz CT molecular complexity index is 992. The van der Waals surface area contributed by atoms with E-state index in [0.717, 1.165) is 12.0 Å². The Kier molecular flexibility index (Phi) is 5.71. The predicted octanol–water partition coefficient (Wildman–Crippen LogP) is 3.82. The van der Waals surface area contributed by atoms with Gasteiger partial charge in [-0.3, -0.25) is 4.79 Å². The summed E-state index contributed by atoms with van der Waals surface area (Å²) in [5.74, 6) is 0.647. The van der Waals surface area contributed by atoms with E-state index >= 15 is 0 Å². The molecule has 0 aliphatic carbocycles. The van der Waals surface area contributed by atoms with Gasteiger partial charge in [0.1, 0.15) is 0 Å². The van der Waals surface area contributed by atoms with Gasteiger partial charge in [0.05, 0.1) is 0 Å². The molecule has 0 radical (unpaired) electrons. The number of aromatic nitrogens is 4. The lowest BCUT2D eigenvalue weighted by molar-refractivity contribution is 0.0953. The van der Waals surface area contributed by atoms with Crippen molar-refractivity contribution in [1.82, 2.24) is 25.9 Å². The summed E-state index contributed by atoms with van der Waals surface area (Å²) in [6.07, 6.45) is 0.820. The Labute approximate surface area is 169 Å². The van der Waals surface area contributed by atoms with E-state index in [1.54, 1.807) is 12.1 Å². The van der Waals surface area contributed by atoms with Crippen LogP contribution in [0.5, 0.6) is 0 Å². The number of nitrogens with zero attached hydrogens (tertiary/aromatic N) is 3. The lowest BCUT2D eigenvalue weighted by Gasteiger charge is -2.18. The molecule has 2 N–H and O–H groups in total. The van der Waals surface area contributed by atoms with Crippen molar-refractivity contribution in [3.05, 3.63) is 102 Å². The van der Waals surface area contributed by atoms with Gasteiger partial charge in [-0.05, 0) is 34.9 Å². The van der Waals surface area contributed by atoms with Crippen LogP contribution < -0.4 is 5.32 Å². The van der Waals surface area contributed by atoms with Crippen molar-refractivity contribution in [2.45, 2.75) is 12.3 Å². The molecule has 4 rings (SSSR count). The molecule has 1 heterocycles. The highest BCUT2D eigenvalue weighted by Gasteiger charge is 2.14. The fraction of sp³-hybridized carbons (Fsp3) is 0.130. The number of amides is 1. The third-order valence-electron chi connectivity index (χ3n) is 4.87. The van der Waals surface area contributed by atoms with Crippen LogP contribution in [-0.4, -0.2) is 33.1 Å². The van der Waals surface area contributed by atoms with E-state index in [0.29, 0.717) is 17.9 Å². The number of benzene rings is 3. The molecular formula is C23H21N5O. The Balaban J connectivity index is 1.40. The summed E-state index contributed by atoms with van der Waals surface area (Å²) in [4.78, 5) is 12.5. The molecule has 6 heteroatoms. The van der Waals surface area contributed by atoms with Gasteiger partial charge in [-0.15, -0.1) is 10.2 Å². The first-order valence-corrected chi connectivity index (χ1v) is 9.53. The lowest BCUT2D eigenvalue weighted by Crippen LogP contribution is -2.25. The number of H-pyrrole nitrogens is 1. The highest BCUT2D eigenvalue weighted by atomic mass is 16.1. The summed E-state index contributed by atoms with van der Waals surface area (Å²) in [7, 11) is 0. The second-order valence-electron chi connectivity index (χ2n) is 6.73. The van der Waals surface area contributed by atoms with Gasteiger partial charge in [0, 0.05) is 23.6 Å². The smallest absolute Gasteiger partial charge is 0.251 e. The molecule has 0 bridgehead atoms. The normalized spacial score (nSPS) is 10.8. The highest BCUT2D eigenvalue weighted by Crippen LogP contribution is 2.27. The van der Waals surface area contributed by atoms with Crippen LogP contribution in [0.4, 0.5) is 0 Å². The van der Waals surface area contributed by atoms with Gasteiger partial charge in [-0.2, -0.15) is 5.21 Å². The molecule has 0 spiro atoms. The molecule has 1 aromatic heterocycles. The molecule has 144 valence electrons. The molecule has 1 amide bonds. The monoisotopic (exact) mass is 383 g/mol.